The summed E-state index contributed by atoms with van der Waals surface area (Å²) in [7, 11) is -8.38. The Bertz CT molecular complexity index is 896. The summed E-state index contributed by atoms with van der Waals surface area (Å²) in [4.78, 5) is 23.5. The molecule has 0 aromatic carbocycles. The van der Waals surface area contributed by atoms with Crippen LogP contribution in [0.4, 0.5) is 0 Å². The van der Waals surface area contributed by atoms with Crippen LogP contribution in [0.5, 0.6) is 0 Å². The Morgan fingerprint density at radius 1 is 0.608 bits per heavy atom. The Hall–Kier alpha value is 15.6. The van der Waals surface area contributed by atoms with Crippen molar-refractivity contribution in [3.05, 3.63) is 60.8 Å². The Morgan fingerprint density at radius 2 is 0.961 bits per heavy atom. The van der Waals surface area contributed by atoms with Gasteiger partial charge in [-0.1, -0.05) is 46.5 Å². The van der Waals surface area contributed by atoms with Gasteiger partial charge in [0.05, 0.1) is 12.5 Å². The summed E-state index contributed by atoms with van der Waals surface area (Å²) in [5, 5.41) is 0. The summed E-state index contributed by atoms with van der Waals surface area (Å²) in [6, 6.07) is 0. The van der Waals surface area contributed by atoms with Gasteiger partial charge in [-0.15, -0.1) is 0 Å². The predicted molar refractivity (Wildman–Crippen MR) is 144 cm³/mol. The molecular weight excluding hydrogens is 1820 g/mol. The van der Waals surface area contributed by atoms with Crippen LogP contribution >= 0.6 is 15.0 Å². The molecule has 5 atom stereocenters. The molecule has 5 unspecified atom stereocenters. The van der Waals surface area contributed by atoms with Crippen molar-refractivity contribution < 1.29 is 514 Å². The van der Waals surface area contributed by atoms with Crippen molar-refractivity contribution in [2.45, 2.75) is 85.0 Å². The fraction of sp³-hybridized carbons (Fsp3) is 0.655. The second-order valence-electron chi connectivity index (χ2n) is 9.57. The van der Waals surface area contributed by atoms with Crippen molar-refractivity contribution >= 4 is 15.0 Å². The largest absolute Gasteiger partial charge is 0.799 e. The van der Waals surface area contributed by atoms with Gasteiger partial charge in [0.15, 0.2) is 0 Å². The zero-order valence-electron chi connectivity index (χ0n) is 31.1. The van der Waals surface area contributed by atoms with Crippen molar-refractivity contribution in [3.8, 4) is 0 Å². The van der Waals surface area contributed by atoms with E-state index in [4.69, 9.17) is 4.52 Å². The van der Waals surface area contributed by atoms with E-state index in [1.54, 1.807) is 0 Å². The minimum atomic E-state index is -4.43. The van der Waals surface area contributed by atoms with Crippen LogP contribution in [0.2, 0.25) is 0 Å². The summed E-state index contributed by atoms with van der Waals surface area (Å²) in [5.74, 6) is -0.780. The molecule has 51 heavy (non-hydrogen) atoms. The maximum absolute atomic E-state index is 12.1. The fourth-order valence-corrected chi connectivity index (χ4v) is 7.39. The molecule has 1 rings (SSSR count). The van der Waals surface area contributed by atoms with Crippen LogP contribution in [0.25, 0.3) is 0 Å². The van der Waals surface area contributed by atoms with E-state index >= 15 is 0 Å². The van der Waals surface area contributed by atoms with Gasteiger partial charge >= 0.3 is 0 Å². The first kappa shape index (κ1) is 108. The molecule has 15 radical (unpaired) electrons. The van der Waals surface area contributed by atoms with Gasteiger partial charge in [-0.3, -0.25) is 30.4 Å². The summed E-state index contributed by atoms with van der Waals surface area (Å²) in [6.45, 7) is 7.19. The SMILES string of the molecule is CC[C-]=CCC[C-]=CCC[C-]=CC1C(COP(=O)([O-])CP(C)(=O)[O-])C1(C)CCC=[C-]CCC=[C-]CC.[Y].[Y].[Y].[Y].[Y].[Y].[Y].[Y].[Y].[Y].[Y].[Y].[Y].[Y].[Y]. The Balaban J connectivity index is -0.0000000665. The topological polar surface area (TPSA) is 89.5 Å². The number of allylic oxidation sites excluding steroid dienone is 10. The maximum Gasteiger partial charge on any atom is 0.141 e. The molecule has 0 bridgehead atoms. The van der Waals surface area contributed by atoms with Crippen molar-refractivity contribution in [2.24, 2.45) is 17.3 Å². The average Bonchev–Trinajstić information content (AvgIpc) is 3.35. The van der Waals surface area contributed by atoms with Gasteiger partial charge in [-0.25, -0.2) is 0 Å². The number of hydrogen-bond donors (Lipinski definition) is 0. The first-order valence-corrected chi connectivity index (χ1v) is 17.0. The smallest absolute Gasteiger partial charge is 0.141 e. The van der Waals surface area contributed by atoms with E-state index in [1.165, 1.54) is 0 Å². The van der Waals surface area contributed by atoms with Crippen LogP contribution in [-0.4, -0.2) is 19.2 Å². The normalized spacial score (nSPS) is 18.4. The van der Waals surface area contributed by atoms with Gasteiger partial charge in [0.25, 0.3) is 0 Å². The molecule has 251 valence electrons. The minimum absolute atomic E-state index is 0. The van der Waals surface area contributed by atoms with Gasteiger partial charge in [0, 0.05) is 498 Å². The maximum atomic E-state index is 12.1. The monoisotopic (exact) mass is 1870 g/mol. The van der Waals surface area contributed by atoms with Crippen molar-refractivity contribution in [1.29, 1.82) is 0 Å². The standard InChI is InChI=1S/C29H45O5P2.15Y/c1-5-7-9-11-13-15-16-17-19-21-23-27-28(25-34-36(32,33)26-35(4,30)31)29(27,3)24-22-20-18-14-12-10-8-6-2;;;;;;;;;;;;;;;/h9-10,16,20,23,27-28H,5-6,11-14,17,19,22,24-26H2,1-4H3,(H,30,31)(H,32,33);;;;;;;;;;;;;;;/q-5;;;;;;;;;;;;;;;/p-2. The third-order valence-electron chi connectivity index (χ3n) is 6.22. The van der Waals surface area contributed by atoms with Gasteiger partial charge in [0.2, 0.25) is 0 Å². The molecule has 0 aromatic heterocycles. The molecule has 1 saturated carbocycles. The van der Waals surface area contributed by atoms with E-state index in [-0.39, 0.29) is 514 Å². The van der Waals surface area contributed by atoms with Crippen LogP contribution in [0.1, 0.15) is 85.0 Å². The molecule has 0 amide bonds. The van der Waals surface area contributed by atoms with Crippen LogP contribution in [-0.2, 0) is 504 Å². The summed E-state index contributed by atoms with van der Waals surface area (Å²) >= 11 is 0. The van der Waals surface area contributed by atoms with E-state index in [0.29, 0.717) is 0 Å². The van der Waals surface area contributed by atoms with E-state index in [2.05, 4.69) is 63.3 Å². The van der Waals surface area contributed by atoms with E-state index in [0.717, 1.165) is 70.9 Å². The molecule has 0 aromatic rings. The molecule has 0 N–H and O–H groups in total. The predicted octanol–water partition coefficient (Wildman–Crippen LogP) is 6.73. The molecule has 1 aliphatic carbocycles. The van der Waals surface area contributed by atoms with Gasteiger partial charge < -0.3 is 53.8 Å². The van der Waals surface area contributed by atoms with Crippen molar-refractivity contribution in [1.82, 2.24) is 0 Å². The molecule has 1 fully saturated rings. The van der Waals surface area contributed by atoms with Gasteiger partial charge in [-0.05, 0) is 30.3 Å². The third-order valence-corrected chi connectivity index (χ3v) is 10.2. The summed E-state index contributed by atoms with van der Waals surface area (Å²) < 4.78 is 28.7. The van der Waals surface area contributed by atoms with Crippen LogP contribution < -0.4 is 9.79 Å². The quantitative estimate of drug-likeness (QED) is 0.0767. The van der Waals surface area contributed by atoms with E-state index in [9.17, 15) is 18.9 Å². The molecule has 22 heteroatoms. The minimum Gasteiger partial charge on any atom is -0.799 e. The Labute approximate surface area is 691 Å². The summed E-state index contributed by atoms with van der Waals surface area (Å²) in [6.07, 6.45) is 35.4. The van der Waals surface area contributed by atoms with Crippen LogP contribution in [0.15, 0.2) is 30.4 Å². The zero-order chi connectivity index (χ0) is 26.9. The Kier molecular flexibility index (Phi) is 147. The molecule has 0 spiro atoms. The molecular formula is C29H43O5P2Y15-7. The van der Waals surface area contributed by atoms with E-state index in [1.807, 2.05) is 18.2 Å². The average molecular weight is 1870 g/mol. The number of unbranched alkanes of at least 4 members (excludes halogenated alkanes) is 3. The second kappa shape index (κ2) is 69.9. The fourth-order valence-electron chi connectivity index (χ4n) is 4.16. The Morgan fingerprint density at radius 3 is 1.33 bits per heavy atom. The molecule has 0 aliphatic heterocycles. The third kappa shape index (κ3) is 63.6. The van der Waals surface area contributed by atoms with Gasteiger partial charge in [0.1, 0.15) is 7.60 Å². The first-order chi connectivity index (χ1) is 17.1. The summed E-state index contributed by atoms with van der Waals surface area (Å²) in [5.41, 5.74) is -0.113. The number of hydrogen-bond acceptors (Lipinski definition) is 5. The van der Waals surface area contributed by atoms with Crippen LogP contribution in [0.3, 0.4) is 0 Å². The molecule has 0 saturated heterocycles. The molecule has 0 heterocycles. The number of rotatable bonds is 20. The van der Waals surface area contributed by atoms with E-state index < -0.39 is 20.9 Å². The van der Waals surface area contributed by atoms with Crippen LogP contribution in [0, 0.1) is 47.6 Å². The first-order valence-electron chi connectivity index (χ1n) is 13.0. The van der Waals surface area contributed by atoms with Gasteiger partial charge in [-0.2, -0.15) is 32.1 Å². The zero-order valence-corrected chi connectivity index (χ0v) is 75.5. The molecule has 1 aliphatic rings. The van der Waals surface area contributed by atoms with Crippen molar-refractivity contribution in [3.63, 3.8) is 0 Å². The second-order valence-corrected chi connectivity index (χ2v) is 14.2. The molecule has 5 nitrogen and oxygen atoms in total. The van der Waals surface area contributed by atoms with Crippen molar-refractivity contribution in [2.75, 3.05) is 19.2 Å².